The minimum absolute atomic E-state index is 0.0279. The van der Waals surface area contributed by atoms with E-state index in [1.54, 1.807) is 0 Å². The molecule has 0 aliphatic carbocycles. The van der Waals surface area contributed by atoms with E-state index in [0.29, 0.717) is 11.2 Å². The van der Waals surface area contributed by atoms with Gasteiger partial charge in [0.15, 0.2) is 41.4 Å². The molecule has 3 aliphatic rings. The first-order valence-electron chi connectivity index (χ1n) is 13.3. The summed E-state index contributed by atoms with van der Waals surface area (Å²) in [6, 6.07) is 0. The van der Waals surface area contributed by atoms with Crippen LogP contribution in [0.2, 0.25) is 0 Å². The molecule has 2 unspecified atom stereocenters. The number of fused-ring (bicyclic) bond motifs is 5. The fourth-order valence-corrected chi connectivity index (χ4v) is 6.81. The Bertz CT molecular complexity index is 1780. The monoisotopic (exact) mass is 621 g/mol. The summed E-state index contributed by atoms with van der Waals surface area (Å²) >= 11 is 0. The van der Waals surface area contributed by atoms with Crippen LogP contribution in [-0.2, 0) is 27.8 Å². The Labute approximate surface area is 240 Å². The van der Waals surface area contributed by atoms with E-state index in [9.17, 15) is 19.4 Å². The molecule has 0 spiro atoms. The predicted octanol–water partition coefficient (Wildman–Crippen LogP) is -1.65. The molecule has 230 valence electrons. The third-order valence-electron chi connectivity index (χ3n) is 7.90. The van der Waals surface area contributed by atoms with E-state index in [2.05, 4.69) is 29.9 Å². The molecule has 43 heavy (non-hydrogen) atoms. The largest absolute Gasteiger partial charge is 0.472 e. The van der Waals surface area contributed by atoms with Crippen LogP contribution in [0.4, 0.5) is 11.8 Å². The summed E-state index contributed by atoms with van der Waals surface area (Å²) in [5.41, 5.74) is 17.8. The SMILES string of the molecule is NC[C@@H]1C2OCC[C@H]3[C@@H](O)[C@H](n4cnc5c(N)ncnc54)O[C@@H]3COP(=O)(O)O[C@H]1[C@H](n1cnc3c(=O)[nH]c(N)nc31)O2. The van der Waals surface area contributed by atoms with Gasteiger partial charge in [-0.05, 0) is 6.42 Å². The minimum Gasteiger partial charge on any atom is -0.388 e. The zero-order chi connectivity index (χ0) is 30.0. The maximum Gasteiger partial charge on any atom is 0.472 e. The lowest BCUT2D eigenvalue weighted by Gasteiger charge is -2.27. The standard InChI is InChI=1S/C22H28N11O9P/c23-3-9-14-20(33-7-29-12-17(33)30-22(25)31-18(12)35)41-21(9)38-2-1-8-10(4-39-43(36,37)42-14)40-19(13(8)34)32-6-28-11-15(24)26-5-27-16(11)32/h5-10,13-14,19-21,34H,1-4,23H2,(H,36,37)(H2,24,26,27)(H3,25,30,31,35)/t8-,9+,10-,13-,14-,19-,20-,21?/m1/s1. The number of aromatic amines is 1. The van der Waals surface area contributed by atoms with Gasteiger partial charge in [-0.1, -0.05) is 0 Å². The maximum atomic E-state index is 13.3. The summed E-state index contributed by atoms with van der Waals surface area (Å²) in [6.45, 7) is -0.388. The van der Waals surface area contributed by atoms with E-state index in [-0.39, 0.29) is 42.5 Å². The van der Waals surface area contributed by atoms with Gasteiger partial charge in [-0.3, -0.25) is 28.0 Å². The number of aliphatic hydroxyl groups is 1. The molecule has 21 heteroatoms. The highest BCUT2D eigenvalue weighted by atomic mass is 31.2. The van der Waals surface area contributed by atoms with Gasteiger partial charge in [-0.15, -0.1) is 0 Å². The fraction of sp³-hybridized carbons (Fsp3) is 0.545. The number of hydrogen-bond donors (Lipinski definition) is 6. The van der Waals surface area contributed by atoms with Crippen molar-refractivity contribution >= 4 is 41.9 Å². The number of aliphatic hydroxyl groups excluding tert-OH is 1. The number of phosphoric ester groups is 1. The van der Waals surface area contributed by atoms with Gasteiger partial charge in [0.1, 0.15) is 24.1 Å². The highest BCUT2D eigenvalue weighted by molar-refractivity contribution is 7.47. The van der Waals surface area contributed by atoms with Crippen LogP contribution in [0.1, 0.15) is 18.9 Å². The van der Waals surface area contributed by atoms with Crippen LogP contribution in [-0.4, -0.2) is 93.4 Å². The van der Waals surface area contributed by atoms with Crippen molar-refractivity contribution in [2.24, 2.45) is 17.6 Å². The first-order chi connectivity index (χ1) is 20.6. The molecule has 20 nitrogen and oxygen atoms in total. The molecule has 2 bridgehead atoms. The molecule has 9 atom stereocenters. The fourth-order valence-electron chi connectivity index (χ4n) is 5.84. The lowest BCUT2D eigenvalue weighted by Crippen LogP contribution is -2.37. The van der Waals surface area contributed by atoms with Crippen molar-refractivity contribution in [2.75, 3.05) is 31.2 Å². The van der Waals surface area contributed by atoms with E-state index < -0.39 is 68.9 Å². The molecule has 4 aromatic rings. The maximum absolute atomic E-state index is 13.3. The van der Waals surface area contributed by atoms with Crippen LogP contribution >= 0.6 is 7.82 Å². The number of imidazole rings is 2. The first kappa shape index (κ1) is 28.2. The molecule has 0 amide bonds. The molecule has 4 aromatic heterocycles. The van der Waals surface area contributed by atoms with Crippen LogP contribution in [0.5, 0.6) is 0 Å². The highest BCUT2D eigenvalue weighted by Gasteiger charge is 2.52. The minimum atomic E-state index is -4.80. The van der Waals surface area contributed by atoms with E-state index in [1.807, 2.05) is 0 Å². The zero-order valence-corrected chi connectivity index (χ0v) is 23.1. The van der Waals surface area contributed by atoms with E-state index in [4.69, 9.17) is 40.5 Å². The molecule has 0 saturated carbocycles. The van der Waals surface area contributed by atoms with Gasteiger partial charge in [0.2, 0.25) is 5.95 Å². The second-order valence-corrected chi connectivity index (χ2v) is 11.8. The molecule has 3 fully saturated rings. The number of nitrogens with two attached hydrogens (primary N) is 3. The van der Waals surface area contributed by atoms with Crippen LogP contribution in [0.15, 0.2) is 23.8 Å². The highest BCUT2D eigenvalue weighted by Crippen LogP contribution is 2.52. The summed E-state index contributed by atoms with van der Waals surface area (Å²) in [7, 11) is -4.80. The summed E-state index contributed by atoms with van der Waals surface area (Å²) < 4.78 is 45.5. The van der Waals surface area contributed by atoms with Crippen molar-refractivity contribution in [3.63, 3.8) is 0 Å². The van der Waals surface area contributed by atoms with Crippen molar-refractivity contribution in [1.29, 1.82) is 0 Å². The van der Waals surface area contributed by atoms with Gasteiger partial charge < -0.3 is 41.4 Å². The van der Waals surface area contributed by atoms with Crippen molar-refractivity contribution in [3.05, 3.63) is 29.3 Å². The molecule has 7 heterocycles. The first-order valence-corrected chi connectivity index (χ1v) is 14.8. The van der Waals surface area contributed by atoms with Crippen LogP contribution in [0, 0.1) is 11.8 Å². The molecular formula is C22H28N11O9P. The number of nitrogen functional groups attached to an aromatic ring is 2. The molecule has 0 aromatic carbocycles. The van der Waals surface area contributed by atoms with E-state index in [1.165, 1.54) is 28.1 Å². The van der Waals surface area contributed by atoms with E-state index in [0.717, 1.165) is 0 Å². The Hall–Kier alpha value is -3.59. The molecule has 3 saturated heterocycles. The Balaban J connectivity index is 1.18. The quantitative estimate of drug-likeness (QED) is 0.140. The molecular weight excluding hydrogens is 593 g/mol. The molecule has 9 N–H and O–H groups in total. The van der Waals surface area contributed by atoms with Gasteiger partial charge in [-0.2, -0.15) is 4.98 Å². The number of nitrogens with one attached hydrogen (secondary N) is 1. The molecule has 0 radical (unpaired) electrons. The molecule has 7 rings (SSSR count). The van der Waals surface area contributed by atoms with Crippen LogP contribution in [0.25, 0.3) is 22.3 Å². The number of hydrogen-bond acceptors (Lipinski definition) is 16. The number of phosphoric acid groups is 1. The average molecular weight is 622 g/mol. The van der Waals surface area contributed by atoms with Gasteiger partial charge >= 0.3 is 7.82 Å². The summed E-state index contributed by atoms with van der Waals surface area (Å²) in [4.78, 5) is 46.1. The smallest absolute Gasteiger partial charge is 0.388 e. The van der Waals surface area contributed by atoms with Crippen LogP contribution in [0.3, 0.4) is 0 Å². The lowest BCUT2D eigenvalue weighted by atomic mass is 9.95. The van der Waals surface area contributed by atoms with Crippen LogP contribution < -0.4 is 22.8 Å². The van der Waals surface area contributed by atoms with Crippen molar-refractivity contribution in [1.82, 2.24) is 39.0 Å². The Kier molecular flexibility index (Phi) is 6.91. The topological polar surface area (TPSA) is 289 Å². The number of anilines is 2. The Morgan fingerprint density at radius 2 is 1.84 bits per heavy atom. The second-order valence-electron chi connectivity index (χ2n) is 10.4. The lowest BCUT2D eigenvalue weighted by molar-refractivity contribution is -0.166. The number of nitrogens with zero attached hydrogens (tertiary/aromatic N) is 7. The Morgan fingerprint density at radius 1 is 1.07 bits per heavy atom. The van der Waals surface area contributed by atoms with Crippen molar-refractivity contribution in [3.8, 4) is 0 Å². The van der Waals surface area contributed by atoms with E-state index >= 15 is 0 Å². The molecule has 3 aliphatic heterocycles. The number of rotatable bonds is 3. The summed E-state index contributed by atoms with van der Waals surface area (Å²) in [5, 5.41) is 11.3. The van der Waals surface area contributed by atoms with Gasteiger partial charge in [-0.25, -0.2) is 24.5 Å². The zero-order valence-electron chi connectivity index (χ0n) is 22.2. The van der Waals surface area contributed by atoms with Gasteiger partial charge in [0.25, 0.3) is 5.56 Å². The van der Waals surface area contributed by atoms with Crippen molar-refractivity contribution < 1.29 is 37.8 Å². The third kappa shape index (κ3) is 4.76. The number of aromatic nitrogens is 8. The predicted molar refractivity (Wildman–Crippen MR) is 143 cm³/mol. The number of H-pyrrole nitrogens is 1. The Morgan fingerprint density at radius 3 is 2.63 bits per heavy atom. The summed E-state index contributed by atoms with van der Waals surface area (Å²) in [5.74, 6) is -1.36. The third-order valence-corrected chi connectivity index (χ3v) is 8.88. The van der Waals surface area contributed by atoms with Gasteiger partial charge in [0.05, 0.1) is 37.9 Å². The van der Waals surface area contributed by atoms with Gasteiger partial charge in [0, 0.05) is 12.5 Å². The average Bonchev–Trinajstić information content (AvgIpc) is 3.72. The normalized spacial score (nSPS) is 35.1. The number of ether oxygens (including phenoxy) is 3. The van der Waals surface area contributed by atoms with Crippen molar-refractivity contribution in [2.45, 2.75) is 43.5 Å². The summed E-state index contributed by atoms with van der Waals surface area (Å²) in [6.07, 6.45) is -2.06. The second kappa shape index (κ2) is 10.5.